The fourth-order valence-corrected chi connectivity index (χ4v) is 2.70. The molecule has 0 heterocycles. The number of ether oxygens (including phenoxy) is 1. The molecule has 0 bridgehead atoms. The molecule has 2 amide bonds. The highest BCUT2D eigenvalue weighted by Crippen LogP contribution is 2.17. The third-order valence-electron chi connectivity index (χ3n) is 4.09. The first-order valence-corrected chi connectivity index (χ1v) is 9.65. The van der Waals surface area contributed by atoms with Crippen LogP contribution < -0.4 is 15.5 Å². The Labute approximate surface area is 187 Å². The zero-order valence-corrected chi connectivity index (χ0v) is 17.3. The van der Waals surface area contributed by atoms with Gasteiger partial charge in [-0.25, -0.2) is 5.43 Å². The summed E-state index contributed by atoms with van der Waals surface area (Å²) in [4.78, 5) is 34.5. The lowest BCUT2D eigenvalue weighted by molar-refractivity contribution is -0.384. The van der Waals surface area contributed by atoms with Gasteiger partial charge >= 0.3 is 0 Å². The van der Waals surface area contributed by atoms with E-state index in [2.05, 4.69) is 15.8 Å². The van der Waals surface area contributed by atoms with Crippen molar-refractivity contribution in [3.05, 3.63) is 99.1 Å². The molecule has 32 heavy (non-hydrogen) atoms. The molecule has 10 heteroatoms. The maximum Gasteiger partial charge on any atom is 0.271 e. The molecule has 9 nitrogen and oxygen atoms in total. The van der Waals surface area contributed by atoms with Crippen LogP contribution in [0.15, 0.2) is 77.9 Å². The van der Waals surface area contributed by atoms with Gasteiger partial charge in [0.1, 0.15) is 5.75 Å². The minimum absolute atomic E-state index is 0.0970. The summed E-state index contributed by atoms with van der Waals surface area (Å²) in [5.41, 5.74) is 3.31. The predicted molar refractivity (Wildman–Crippen MR) is 120 cm³/mol. The molecule has 0 radical (unpaired) electrons. The van der Waals surface area contributed by atoms with Crippen LogP contribution >= 0.6 is 11.6 Å². The number of nitrogens with zero attached hydrogens (tertiary/aromatic N) is 2. The summed E-state index contributed by atoms with van der Waals surface area (Å²) < 4.78 is 5.56. The van der Waals surface area contributed by atoms with Crippen LogP contribution in [0.4, 0.5) is 11.4 Å². The van der Waals surface area contributed by atoms with E-state index in [-0.39, 0.29) is 23.8 Å². The number of benzene rings is 3. The van der Waals surface area contributed by atoms with Gasteiger partial charge in [-0.1, -0.05) is 29.8 Å². The maximum absolute atomic E-state index is 12.2. The first-order chi connectivity index (χ1) is 15.4. The van der Waals surface area contributed by atoms with Crippen LogP contribution in [0.3, 0.4) is 0 Å². The van der Waals surface area contributed by atoms with Gasteiger partial charge in [0.15, 0.2) is 6.61 Å². The summed E-state index contributed by atoms with van der Waals surface area (Å²) in [6.07, 6.45) is 1.35. The zero-order valence-electron chi connectivity index (χ0n) is 16.5. The molecule has 0 aliphatic rings. The fourth-order valence-electron chi connectivity index (χ4n) is 2.58. The number of nitro benzene ring substituents is 1. The lowest BCUT2D eigenvalue weighted by Gasteiger charge is -2.09. The number of hydrazone groups is 1. The second-order valence-corrected chi connectivity index (χ2v) is 6.82. The number of amides is 2. The van der Waals surface area contributed by atoms with Gasteiger partial charge in [0.05, 0.1) is 11.1 Å². The van der Waals surface area contributed by atoms with Gasteiger partial charge in [-0.15, -0.1) is 0 Å². The van der Waals surface area contributed by atoms with Gasteiger partial charge in [0.2, 0.25) is 0 Å². The van der Waals surface area contributed by atoms with Crippen molar-refractivity contribution < 1.29 is 19.2 Å². The lowest BCUT2D eigenvalue weighted by Crippen LogP contribution is -2.20. The van der Waals surface area contributed by atoms with E-state index in [1.807, 2.05) is 0 Å². The van der Waals surface area contributed by atoms with Gasteiger partial charge in [0.25, 0.3) is 17.5 Å². The first kappa shape index (κ1) is 22.4. The number of hydrogen-bond acceptors (Lipinski definition) is 6. The molecule has 0 saturated heterocycles. The van der Waals surface area contributed by atoms with Crippen molar-refractivity contribution >= 4 is 41.0 Å². The number of non-ortho nitro benzene ring substituents is 1. The van der Waals surface area contributed by atoms with E-state index in [9.17, 15) is 19.7 Å². The summed E-state index contributed by atoms with van der Waals surface area (Å²) in [6.45, 7) is -0.243. The van der Waals surface area contributed by atoms with Gasteiger partial charge in [0, 0.05) is 34.0 Å². The fraction of sp³-hybridized carbons (Fsp3) is 0.0455. The average Bonchev–Trinajstić information content (AvgIpc) is 2.80. The van der Waals surface area contributed by atoms with Crippen molar-refractivity contribution in [1.29, 1.82) is 0 Å². The summed E-state index contributed by atoms with van der Waals surface area (Å²) in [6, 6.07) is 18.8. The van der Waals surface area contributed by atoms with Crippen LogP contribution in [-0.4, -0.2) is 29.6 Å². The molecule has 0 fully saturated rings. The molecule has 2 N–H and O–H groups in total. The normalized spacial score (nSPS) is 10.5. The second kappa shape index (κ2) is 10.7. The van der Waals surface area contributed by atoms with E-state index in [0.29, 0.717) is 22.0 Å². The Morgan fingerprint density at radius 2 is 1.81 bits per heavy atom. The third kappa shape index (κ3) is 6.38. The Kier molecular flexibility index (Phi) is 7.50. The Bertz CT molecular complexity index is 1160. The minimum atomic E-state index is -0.606. The molecule has 3 aromatic rings. The van der Waals surface area contributed by atoms with Crippen molar-refractivity contribution in [2.45, 2.75) is 0 Å². The maximum atomic E-state index is 12.2. The van der Waals surface area contributed by atoms with Crippen LogP contribution in [0.5, 0.6) is 5.75 Å². The highest BCUT2D eigenvalue weighted by molar-refractivity contribution is 6.30. The SMILES string of the molecule is O=C(COc1ccccc1/C=N/NC(=O)c1cccc([N+](=O)[O-])c1)Nc1ccc(Cl)cc1. The van der Waals surface area contributed by atoms with Crippen molar-refractivity contribution in [3.8, 4) is 5.75 Å². The summed E-state index contributed by atoms with van der Waals surface area (Å²) in [5.74, 6) is -0.587. The zero-order chi connectivity index (χ0) is 22.9. The Hall–Kier alpha value is -4.24. The molecule has 0 aromatic heterocycles. The largest absolute Gasteiger partial charge is 0.483 e. The predicted octanol–water partition coefficient (Wildman–Crippen LogP) is 4.03. The number of carbonyl (C=O) groups excluding carboxylic acids is 2. The van der Waals surface area contributed by atoms with Crippen LogP contribution in [0.2, 0.25) is 5.02 Å². The highest BCUT2D eigenvalue weighted by atomic mass is 35.5. The summed E-state index contributed by atoms with van der Waals surface area (Å²) >= 11 is 5.82. The van der Waals surface area contributed by atoms with Crippen molar-refractivity contribution in [2.75, 3.05) is 11.9 Å². The molecule has 0 aliphatic heterocycles. The highest BCUT2D eigenvalue weighted by Gasteiger charge is 2.11. The van der Waals surface area contributed by atoms with E-state index in [4.69, 9.17) is 16.3 Å². The average molecular weight is 453 g/mol. The quantitative estimate of drug-likeness (QED) is 0.303. The van der Waals surface area contributed by atoms with Gasteiger partial charge in [-0.05, 0) is 42.5 Å². The smallest absolute Gasteiger partial charge is 0.271 e. The Morgan fingerprint density at radius 3 is 2.56 bits per heavy atom. The second-order valence-electron chi connectivity index (χ2n) is 6.39. The number of halogens is 1. The summed E-state index contributed by atoms with van der Waals surface area (Å²) in [5, 5.41) is 17.9. The lowest BCUT2D eigenvalue weighted by atomic mass is 10.2. The molecule has 3 aromatic carbocycles. The summed E-state index contributed by atoms with van der Waals surface area (Å²) in [7, 11) is 0. The molecule has 0 atom stereocenters. The topological polar surface area (TPSA) is 123 Å². The minimum Gasteiger partial charge on any atom is -0.483 e. The van der Waals surface area contributed by atoms with Crippen molar-refractivity contribution in [1.82, 2.24) is 5.43 Å². The number of nitrogens with one attached hydrogen (secondary N) is 2. The molecular formula is C22H17ClN4O5. The van der Waals surface area contributed by atoms with Crippen LogP contribution in [-0.2, 0) is 4.79 Å². The first-order valence-electron chi connectivity index (χ1n) is 9.27. The van der Waals surface area contributed by atoms with Crippen LogP contribution in [0, 0.1) is 10.1 Å². The van der Waals surface area contributed by atoms with Gasteiger partial charge < -0.3 is 10.1 Å². The Morgan fingerprint density at radius 1 is 1.06 bits per heavy atom. The van der Waals surface area contributed by atoms with E-state index in [1.165, 1.54) is 24.4 Å². The molecule has 0 aliphatic carbocycles. The van der Waals surface area contributed by atoms with Crippen LogP contribution in [0.25, 0.3) is 0 Å². The van der Waals surface area contributed by atoms with E-state index in [1.54, 1.807) is 48.5 Å². The number of hydrogen-bond donors (Lipinski definition) is 2. The number of carbonyl (C=O) groups is 2. The number of anilines is 1. The molecular weight excluding hydrogens is 436 g/mol. The number of nitro groups is 1. The van der Waals surface area contributed by atoms with E-state index < -0.39 is 10.8 Å². The van der Waals surface area contributed by atoms with E-state index >= 15 is 0 Å². The molecule has 0 saturated carbocycles. The van der Waals surface area contributed by atoms with Gasteiger partial charge in [-0.2, -0.15) is 5.10 Å². The molecule has 0 unspecified atom stereocenters. The van der Waals surface area contributed by atoms with Crippen LogP contribution in [0.1, 0.15) is 15.9 Å². The van der Waals surface area contributed by atoms with E-state index in [0.717, 1.165) is 6.07 Å². The number of rotatable bonds is 8. The van der Waals surface area contributed by atoms with Crippen molar-refractivity contribution in [2.24, 2.45) is 5.10 Å². The number of para-hydroxylation sites is 1. The third-order valence-corrected chi connectivity index (χ3v) is 4.35. The van der Waals surface area contributed by atoms with Gasteiger partial charge in [-0.3, -0.25) is 19.7 Å². The molecule has 162 valence electrons. The molecule has 0 spiro atoms. The monoisotopic (exact) mass is 452 g/mol. The standard InChI is InChI=1S/C22H17ClN4O5/c23-17-8-10-18(11-9-17)25-21(28)14-32-20-7-2-1-4-16(20)13-24-26-22(29)15-5-3-6-19(12-15)27(30)31/h1-13H,14H2,(H,25,28)(H,26,29)/b24-13+. The molecule has 3 rings (SSSR count). The Balaban J connectivity index is 1.58. The van der Waals surface area contributed by atoms with Crippen molar-refractivity contribution in [3.63, 3.8) is 0 Å².